The van der Waals surface area contributed by atoms with Crippen LogP contribution in [0.25, 0.3) is 0 Å². The zero-order valence-electron chi connectivity index (χ0n) is 18.5. The van der Waals surface area contributed by atoms with Gasteiger partial charge in [0.15, 0.2) is 0 Å². The van der Waals surface area contributed by atoms with Crippen molar-refractivity contribution < 1.29 is 59.5 Å². The standard InChI is InChI=1S/C21H15F6N2O8P/c22-20(23,24)12-1-6-16(17(9-12)36-14-2-4-15(5-3-14)37-21(25,26)27)19(31)28-13-7-8-29(18(30)10-13)11-35-38(32,33)34/h1-10H,11H2,(H,28,31)(H2,32,33,34). The number of amides is 1. The largest absolute Gasteiger partial charge is 0.573 e. The average Bonchev–Trinajstić information content (AvgIpc) is 2.77. The molecule has 10 nitrogen and oxygen atoms in total. The highest BCUT2D eigenvalue weighted by Crippen LogP contribution is 2.37. The maximum atomic E-state index is 13.2. The molecule has 3 N–H and O–H groups in total. The Kier molecular flexibility index (Phi) is 8.21. The number of benzene rings is 2. The Morgan fingerprint density at radius 2 is 1.58 bits per heavy atom. The van der Waals surface area contributed by atoms with Crippen LogP contribution >= 0.6 is 7.82 Å². The van der Waals surface area contributed by atoms with Crippen molar-refractivity contribution in [3.05, 3.63) is 82.3 Å². The minimum Gasteiger partial charge on any atom is -0.457 e. The number of phosphoric acid groups is 1. The molecule has 0 atom stereocenters. The van der Waals surface area contributed by atoms with E-state index in [2.05, 4.69) is 14.6 Å². The van der Waals surface area contributed by atoms with Crippen LogP contribution in [0.5, 0.6) is 17.2 Å². The number of phosphoric ester groups is 1. The third-order valence-electron chi connectivity index (χ3n) is 4.46. The van der Waals surface area contributed by atoms with Crippen molar-refractivity contribution in [1.29, 1.82) is 0 Å². The summed E-state index contributed by atoms with van der Waals surface area (Å²) in [5.41, 5.74) is -2.59. The van der Waals surface area contributed by atoms with Crippen molar-refractivity contribution in [2.45, 2.75) is 19.3 Å². The van der Waals surface area contributed by atoms with Gasteiger partial charge >= 0.3 is 20.4 Å². The van der Waals surface area contributed by atoms with Gasteiger partial charge in [0.25, 0.3) is 11.5 Å². The summed E-state index contributed by atoms with van der Waals surface area (Å²) in [6, 6.07) is 7.54. The summed E-state index contributed by atoms with van der Waals surface area (Å²) >= 11 is 0. The number of carbonyl (C=O) groups excluding carboxylic acids is 1. The molecule has 0 aliphatic carbocycles. The first-order chi connectivity index (χ1) is 17.5. The number of nitrogens with one attached hydrogen (secondary N) is 1. The van der Waals surface area contributed by atoms with Gasteiger partial charge in [-0.1, -0.05) is 0 Å². The molecule has 0 aliphatic heterocycles. The molecule has 38 heavy (non-hydrogen) atoms. The van der Waals surface area contributed by atoms with Crippen LogP contribution in [0.3, 0.4) is 0 Å². The van der Waals surface area contributed by atoms with Crippen molar-refractivity contribution in [2.75, 3.05) is 5.32 Å². The maximum Gasteiger partial charge on any atom is 0.573 e. The zero-order valence-corrected chi connectivity index (χ0v) is 19.4. The second-order valence-electron chi connectivity index (χ2n) is 7.26. The van der Waals surface area contributed by atoms with Crippen molar-refractivity contribution in [2.24, 2.45) is 0 Å². The first kappa shape index (κ1) is 28.7. The minimum atomic E-state index is -4.97. The predicted octanol–water partition coefficient (Wildman–Crippen LogP) is 4.88. The third kappa shape index (κ3) is 8.34. The lowest BCUT2D eigenvalue weighted by Crippen LogP contribution is -2.21. The number of alkyl halides is 6. The molecule has 0 unspecified atom stereocenters. The smallest absolute Gasteiger partial charge is 0.457 e. The topological polar surface area (TPSA) is 136 Å². The van der Waals surface area contributed by atoms with Crippen molar-refractivity contribution in [3.8, 4) is 17.2 Å². The molecule has 204 valence electrons. The van der Waals surface area contributed by atoms with E-state index >= 15 is 0 Å². The van der Waals surface area contributed by atoms with Gasteiger partial charge in [0.1, 0.15) is 24.0 Å². The molecule has 17 heteroatoms. The van der Waals surface area contributed by atoms with E-state index in [0.717, 1.165) is 53.2 Å². The molecule has 1 aromatic heterocycles. The summed E-state index contributed by atoms with van der Waals surface area (Å²) in [5.74, 6) is -2.46. The highest BCUT2D eigenvalue weighted by Gasteiger charge is 2.33. The zero-order chi connectivity index (χ0) is 28.3. The molecule has 0 bridgehead atoms. The van der Waals surface area contributed by atoms with Gasteiger partial charge in [-0.05, 0) is 48.5 Å². The van der Waals surface area contributed by atoms with Gasteiger partial charge in [0.2, 0.25) is 0 Å². The van der Waals surface area contributed by atoms with Crippen LogP contribution in [0.4, 0.5) is 32.0 Å². The second kappa shape index (κ2) is 10.9. The van der Waals surface area contributed by atoms with Crippen LogP contribution in [0.15, 0.2) is 65.6 Å². The lowest BCUT2D eigenvalue weighted by atomic mass is 10.1. The number of pyridine rings is 1. The SMILES string of the molecule is O=C(Nc1ccn(COP(=O)(O)O)c(=O)c1)c1ccc(C(F)(F)F)cc1Oc1ccc(OC(F)(F)F)cc1. The number of ether oxygens (including phenoxy) is 2. The number of rotatable bonds is 8. The molecule has 1 amide bonds. The fourth-order valence-corrected chi connectivity index (χ4v) is 3.11. The van der Waals surface area contributed by atoms with E-state index in [0.29, 0.717) is 12.1 Å². The average molecular weight is 568 g/mol. The normalized spacial score (nSPS) is 12.2. The predicted molar refractivity (Wildman–Crippen MR) is 116 cm³/mol. The molecular formula is C21H15F6N2O8P. The summed E-state index contributed by atoms with van der Waals surface area (Å²) in [7, 11) is -4.87. The highest BCUT2D eigenvalue weighted by atomic mass is 31.2. The van der Waals surface area contributed by atoms with Gasteiger partial charge in [-0.25, -0.2) is 4.57 Å². The number of hydrogen-bond donors (Lipinski definition) is 3. The van der Waals surface area contributed by atoms with Crippen molar-refractivity contribution >= 4 is 19.4 Å². The van der Waals surface area contributed by atoms with Crippen LogP contribution in [-0.2, 0) is 22.0 Å². The Hall–Kier alpha value is -3.85. The Morgan fingerprint density at radius 3 is 2.13 bits per heavy atom. The first-order valence-electron chi connectivity index (χ1n) is 9.97. The summed E-state index contributed by atoms with van der Waals surface area (Å²) in [4.78, 5) is 42.3. The Bertz CT molecular complexity index is 1420. The molecule has 0 fully saturated rings. The molecule has 3 rings (SSSR count). The molecule has 0 radical (unpaired) electrons. The van der Waals surface area contributed by atoms with E-state index in [4.69, 9.17) is 14.5 Å². The van der Waals surface area contributed by atoms with Gasteiger partial charge in [0, 0.05) is 18.0 Å². The van der Waals surface area contributed by atoms with Gasteiger partial charge in [-0.3, -0.25) is 18.7 Å². The Morgan fingerprint density at radius 1 is 0.947 bits per heavy atom. The van der Waals surface area contributed by atoms with E-state index in [1.807, 2.05) is 0 Å². The summed E-state index contributed by atoms with van der Waals surface area (Å²) in [6.07, 6.45) is -8.76. The summed E-state index contributed by atoms with van der Waals surface area (Å²) in [5, 5.41) is 2.26. The summed E-state index contributed by atoms with van der Waals surface area (Å²) in [6.45, 7) is -0.805. The van der Waals surface area contributed by atoms with Crippen LogP contribution in [0, 0.1) is 0 Å². The quantitative estimate of drug-likeness (QED) is 0.259. The molecule has 3 aromatic rings. The first-order valence-corrected chi connectivity index (χ1v) is 11.5. The number of halogens is 6. The van der Waals surface area contributed by atoms with Gasteiger partial charge < -0.3 is 24.6 Å². The third-order valence-corrected chi connectivity index (χ3v) is 4.91. The molecule has 2 aromatic carbocycles. The highest BCUT2D eigenvalue weighted by molar-refractivity contribution is 7.46. The molecule has 0 saturated carbocycles. The minimum absolute atomic E-state index is 0.132. The van der Waals surface area contributed by atoms with Gasteiger partial charge in [-0.2, -0.15) is 13.2 Å². The van der Waals surface area contributed by atoms with Crippen molar-refractivity contribution in [3.63, 3.8) is 0 Å². The molecular weight excluding hydrogens is 553 g/mol. The lowest BCUT2D eigenvalue weighted by Gasteiger charge is -2.15. The van der Waals surface area contributed by atoms with Crippen molar-refractivity contribution in [1.82, 2.24) is 4.57 Å². The fourth-order valence-electron chi connectivity index (χ4n) is 2.84. The van der Waals surface area contributed by atoms with E-state index < -0.39 is 61.2 Å². The van der Waals surface area contributed by atoms with E-state index in [9.17, 15) is 40.5 Å². The molecule has 0 saturated heterocycles. The maximum absolute atomic E-state index is 13.2. The molecule has 1 heterocycles. The Balaban J connectivity index is 1.86. The lowest BCUT2D eigenvalue weighted by molar-refractivity contribution is -0.274. The number of anilines is 1. The number of aromatic nitrogens is 1. The van der Waals surface area contributed by atoms with Gasteiger partial charge in [-0.15, -0.1) is 13.2 Å². The second-order valence-corrected chi connectivity index (χ2v) is 8.50. The van der Waals surface area contributed by atoms with Gasteiger partial charge in [0.05, 0.1) is 11.1 Å². The summed E-state index contributed by atoms with van der Waals surface area (Å²) < 4.78 is 102. The number of carbonyl (C=O) groups is 1. The monoisotopic (exact) mass is 568 g/mol. The van der Waals surface area contributed by atoms with E-state index in [1.165, 1.54) is 0 Å². The number of hydrogen-bond acceptors (Lipinski definition) is 6. The van der Waals surface area contributed by atoms with Crippen LogP contribution in [0.2, 0.25) is 0 Å². The van der Waals surface area contributed by atoms with Crippen LogP contribution < -0.4 is 20.3 Å². The van der Waals surface area contributed by atoms with Crippen LogP contribution in [0.1, 0.15) is 15.9 Å². The van der Waals surface area contributed by atoms with Crippen LogP contribution in [-0.4, -0.2) is 26.6 Å². The molecule has 0 aliphatic rings. The van der Waals surface area contributed by atoms with E-state index in [-0.39, 0.29) is 11.4 Å². The number of nitrogens with zero attached hydrogens (tertiary/aromatic N) is 1. The Labute approximate surface area is 208 Å². The van der Waals surface area contributed by atoms with E-state index in [1.54, 1.807) is 0 Å². The fraction of sp³-hybridized carbons (Fsp3) is 0.143. The molecule has 0 spiro atoms.